The molecule has 0 atom stereocenters. The van der Waals surface area contributed by atoms with Crippen molar-refractivity contribution < 1.29 is 4.74 Å². The Bertz CT molecular complexity index is 1070. The number of aryl methyl sites for hydroxylation is 1. The van der Waals surface area contributed by atoms with E-state index >= 15 is 0 Å². The highest BCUT2D eigenvalue weighted by molar-refractivity contribution is 7.80. The van der Waals surface area contributed by atoms with Gasteiger partial charge in [-0.25, -0.2) is 9.97 Å². The summed E-state index contributed by atoms with van der Waals surface area (Å²) in [6.07, 6.45) is 0. The Balaban J connectivity index is 0.00000225. The van der Waals surface area contributed by atoms with Crippen molar-refractivity contribution in [1.29, 1.82) is 0 Å². The van der Waals surface area contributed by atoms with Crippen LogP contribution in [0.2, 0.25) is 0 Å². The topological polar surface area (TPSA) is 47.0 Å². The van der Waals surface area contributed by atoms with Crippen molar-refractivity contribution in [3.63, 3.8) is 0 Å². The molecule has 6 heteroatoms. The van der Waals surface area contributed by atoms with Crippen LogP contribution in [0.5, 0.6) is 5.75 Å². The second-order valence-corrected chi connectivity index (χ2v) is 6.72. The zero-order valence-corrected chi connectivity index (χ0v) is 17.0. The SMILES string of the molecule is Cc1ccc2nc(S)nc(Nc3ccc(OCc4ccccc4)cc3)c2c1.Cl. The normalized spacial score (nSPS) is 10.4. The number of rotatable bonds is 5. The molecule has 142 valence electrons. The van der Waals surface area contributed by atoms with Crippen molar-refractivity contribution in [2.24, 2.45) is 0 Å². The molecule has 0 spiro atoms. The number of nitrogens with one attached hydrogen (secondary N) is 1. The fraction of sp³-hybridized carbons (Fsp3) is 0.0909. The molecule has 4 rings (SSSR count). The summed E-state index contributed by atoms with van der Waals surface area (Å²) in [6.45, 7) is 2.60. The van der Waals surface area contributed by atoms with Gasteiger partial charge in [-0.1, -0.05) is 42.0 Å². The van der Waals surface area contributed by atoms with E-state index in [1.54, 1.807) is 0 Å². The molecule has 1 aromatic heterocycles. The number of benzene rings is 3. The zero-order chi connectivity index (χ0) is 18.6. The van der Waals surface area contributed by atoms with Crippen LogP contribution in [0, 0.1) is 6.92 Å². The van der Waals surface area contributed by atoms with Crippen molar-refractivity contribution in [1.82, 2.24) is 9.97 Å². The van der Waals surface area contributed by atoms with Gasteiger partial charge >= 0.3 is 0 Å². The molecule has 0 amide bonds. The predicted molar refractivity (Wildman–Crippen MR) is 119 cm³/mol. The standard InChI is InChI=1S/C22H19N3OS.ClH/c1-15-7-12-20-19(13-15)21(25-22(27)24-20)23-17-8-10-18(11-9-17)26-14-16-5-3-2-4-6-16;/h2-13H,14H2,1H3,(H2,23,24,25,27);1H. The minimum absolute atomic E-state index is 0. The Hall–Kier alpha value is -2.76. The highest BCUT2D eigenvalue weighted by Crippen LogP contribution is 2.27. The Morgan fingerprint density at radius 2 is 1.68 bits per heavy atom. The quantitative estimate of drug-likeness (QED) is 0.315. The van der Waals surface area contributed by atoms with Gasteiger partial charge in [-0.05, 0) is 48.9 Å². The Morgan fingerprint density at radius 3 is 2.43 bits per heavy atom. The molecule has 1 heterocycles. The number of hydrogen-bond donors (Lipinski definition) is 2. The van der Waals surface area contributed by atoms with Crippen molar-refractivity contribution in [3.8, 4) is 5.75 Å². The number of fused-ring (bicyclic) bond motifs is 1. The van der Waals surface area contributed by atoms with Crippen LogP contribution in [-0.4, -0.2) is 9.97 Å². The van der Waals surface area contributed by atoms with Crippen LogP contribution in [0.15, 0.2) is 78.0 Å². The Morgan fingerprint density at radius 1 is 0.929 bits per heavy atom. The molecule has 1 N–H and O–H groups in total. The summed E-state index contributed by atoms with van der Waals surface area (Å²) >= 11 is 4.32. The monoisotopic (exact) mass is 409 g/mol. The fourth-order valence-corrected chi connectivity index (χ4v) is 3.05. The number of halogens is 1. The van der Waals surface area contributed by atoms with Gasteiger partial charge < -0.3 is 10.1 Å². The highest BCUT2D eigenvalue weighted by Gasteiger charge is 2.07. The van der Waals surface area contributed by atoms with Gasteiger partial charge in [0.1, 0.15) is 18.2 Å². The van der Waals surface area contributed by atoms with Gasteiger partial charge in [-0.15, -0.1) is 25.0 Å². The molecular formula is C22H20ClN3OS. The average Bonchev–Trinajstić information content (AvgIpc) is 2.69. The number of nitrogens with zero attached hydrogens (tertiary/aromatic N) is 2. The third kappa shape index (κ3) is 4.74. The average molecular weight is 410 g/mol. The van der Waals surface area contributed by atoms with E-state index in [1.165, 1.54) is 0 Å². The van der Waals surface area contributed by atoms with Gasteiger partial charge in [0, 0.05) is 11.1 Å². The van der Waals surface area contributed by atoms with Gasteiger partial charge in [-0.2, -0.15) is 0 Å². The number of aromatic nitrogens is 2. The molecule has 0 aliphatic carbocycles. The van der Waals surface area contributed by atoms with E-state index < -0.39 is 0 Å². The lowest BCUT2D eigenvalue weighted by Crippen LogP contribution is -1.99. The van der Waals surface area contributed by atoms with Gasteiger partial charge in [0.25, 0.3) is 0 Å². The van der Waals surface area contributed by atoms with Gasteiger partial charge in [0.15, 0.2) is 5.16 Å². The Labute approximate surface area is 175 Å². The summed E-state index contributed by atoms with van der Waals surface area (Å²) in [7, 11) is 0. The molecule has 4 aromatic rings. The summed E-state index contributed by atoms with van der Waals surface area (Å²) < 4.78 is 5.84. The molecule has 4 nitrogen and oxygen atoms in total. The summed E-state index contributed by atoms with van der Waals surface area (Å²) in [5, 5.41) is 4.77. The Kier molecular flexibility index (Phi) is 6.39. The molecule has 0 aliphatic heterocycles. The zero-order valence-electron chi connectivity index (χ0n) is 15.3. The first-order valence-electron chi connectivity index (χ1n) is 8.68. The first-order valence-corrected chi connectivity index (χ1v) is 9.13. The number of anilines is 2. The molecule has 0 radical (unpaired) electrons. The molecule has 0 unspecified atom stereocenters. The largest absolute Gasteiger partial charge is 0.489 e. The first-order chi connectivity index (χ1) is 13.2. The minimum atomic E-state index is 0. The number of thiol groups is 1. The summed E-state index contributed by atoms with van der Waals surface area (Å²) in [6, 6.07) is 24.0. The smallest absolute Gasteiger partial charge is 0.186 e. The minimum Gasteiger partial charge on any atom is -0.489 e. The second kappa shape index (κ2) is 8.95. The molecule has 0 saturated heterocycles. The third-order valence-electron chi connectivity index (χ3n) is 4.20. The maximum absolute atomic E-state index is 5.84. The van der Waals surface area contributed by atoms with Crippen molar-refractivity contribution >= 4 is 47.4 Å². The van der Waals surface area contributed by atoms with E-state index in [0.29, 0.717) is 11.8 Å². The van der Waals surface area contributed by atoms with Crippen LogP contribution in [-0.2, 0) is 6.61 Å². The van der Waals surface area contributed by atoms with Crippen LogP contribution in [0.4, 0.5) is 11.5 Å². The molecule has 0 aliphatic rings. The van der Waals surface area contributed by atoms with Crippen molar-refractivity contribution in [3.05, 3.63) is 83.9 Å². The molecule has 0 saturated carbocycles. The van der Waals surface area contributed by atoms with Crippen LogP contribution in [0.3, 0.4) is 0 Å². The maximum atomic E-state index is 5.84. The van der Waals surface area contributed by atoms with Crippen LogP contribution < -0.4 is 10.1 Å². The van der Waals surface area contributed by atoms with E-state index in [2.05, 4.69) is 40.9 Å². The third-order valence-corrected chi connectivity index (χ3v) is 4.40. The van der Waals surface area contributed by atoms with Gasteiger partial charge in [-0.3, -0.25) is 0 Å². The molecule has 3 aromatic carbocycles. The molecular weight excluding hydrogens is 390 g/mol. The lowest BCUT2D eigenvalue weighted by Gasteiger charge is -2.11. The predicted octanol–water partition coefficient (Wildman–Crippen LogP) is 5.97. The summed E-state index contributed by atoms with van der Waals surface area (Å²) in [4.78, 5) is 8.83. The van der Waals surface area contributed by atoms with Crippen molar-refractivity contribution in [2.45, 2.75) is 18.7 Å². The highest BCUT2D eigenvalue weighted by atomic mass is 35.5. The maximum Gasteiger partial charge on any atom is 0.186 e. The van der Waals surface area contributed by atoms with Crippen molar-refractivity contribution in [2.75, 3.05) is 5.32 Å². The van der Waals surface area contributed by atoms with Crippen LogP contribution >= 0.6 is 25.0 Å². The fourth-order valence-electron chi connectivity index (χ4n) is 2.84. The van der Waals surface area contributed by atoms with Crippen LogP contribution in [0.1, 0.15) is 11.1 Å². The molecule has 0 bridgehead atoms. The van der Waals surface area contributed by atoms with Gasteiger partial charge in [0.05, 0.1) is 5.52 Å². The van der Waals surface area contributed by atoms with E-state index in [1.807, 2.05) is 66.7 Å². The van der Waals surface area contributed by atoms with E-state index in [-0.39, 0.29) is 12.4 Å². The lowest BCUT2D eigenvalue weighted by atomic mass is 10.1. The number of ether oxygens (including phenoxy) is 1. The number of hydrogen-bond acceptors (Lipinski definition) is 5. The van der Waals surface area contributed by atoms with E-state index in [0.717, 1.165) is 39.3 Å². The summed E-state index contributed by atoms with van der Waals surface area (Å²) in [5.74, 6) is 1.56. The molecule has 0 fully saturated rings. The van der Waals surface area contributed by atoms with Gasteiger partial charge in [0.2, 0.25) is 0 Å². The lowest BCUT2D eigenvalue weighted by molar-refractivity contribution is 0.306. The first kappa shape index (κ1) is 20.0. The van der Waals surface area contributed by atoms with Crippen LogP contribution in [0.25, 0.3) is 10.9 Å². The summed E-state index contributed by atoms with van der Waals surface area (Å²) in [5.41, 5.74) is 4.09. The second-order valence-electron chi connectivity index (χ2n) is 6.32. The van der Waals surface area contributed by atoms with E-state index in [9.17, 15) is 0 Å². The van der Waals surface area contributed by atoms with E-state index in [4.69, 9.17) is 4.74 Å². The molecule has 28 heavy (non-hydrogen) atoms.